The molecular weight excluding hydrogens is 465 g/mol. The van der Waals surface area contributed by atoms with E-state index < -0.39 is 21.7 Å². The van der Waals surface area contributed by atoms with Gasteiger partial charge in [0.15, 0.2) is 0 Å². The fraction of sp³-hybridized carbons (Fsp3) is 0.300. The van der Waals surface area contributed by atoms with E-state index in [9.17, 15) is 22.4 Å². The van der Waals surface area contributed by atoms with Crippen LogP contribution in [0.25, 0.3) is 10.2 Å². The summed E-state index contributed by atoms with van der Waals surface area (Å²) >= 11 is 6.63. The second-order valence-corrected chi connectivity index (χ2v) is 10.6. The Bertz CT molecular complexity index is 1310. The number of nitrogens with zero attached hydrogens (tertiary/aromatic N) is 2. The Kier molecular flexibility index (Phi) is 6.16. The first-order valence-corrected chi connectivity index (χ1v) is 12.3. The molecule has 1 amide bonds. The van der Waals surface area contributed by atoms with Gasteiger partial charge in [-0.1, -0.05) is 22.9 Å². The zero-order valence-electron chi connectivity index (χ0n) is 16.3. The Balaban J connectivity index is 1.51. The number of nitrogens with one attached hydrogen (secondary N) is 1. The molecule has 1 aromatic heterocycles. The predicted molar refractivity (Wildman–Crippen MR) is 119 cm³/mol. The highest BCUT2D eigenvalue weighted by atomic mass is 35.5. The van der Waals surface area contributed by atoms with Gasteiger partial charge in [0.25, 0.3) is 0 Å². The van der Waals surface area contributed by atoms with Crippen LogP contribution in [0.3, 0.4) is 0 Å². The van der Waals surface area contributed by atoms with Gasteiger partial charge in [-0.3, -0.25) is 14.2 Å². The SMILES string of the molecule is O=C(CCn1c(=O)sc2cc(S(=O)(=O)N3CCCC3)ccc21)Nc1ccc(Cl)cc1F. The van der Waals surface area contributed by atoms with Gasteiger partial charge in [-0.05, 0) is 49.2 Å². The number of sulfonamides is 1. The largest absolute Gasteiger partial charge is 0.324 e. The number of anilines is 1. The summed E-state index contributed by atoms with van der Waals surface area (Å²) in [6, 6.07) is 8.51. The first-order chi connectivity index (χ1) is 14.8. The zero-order valence-corrected chi connectivity index (χ0v) is 18.7. The molecule has 1 aliphatic heterocycles. The second-order valence-electron chi connectivity index (χ2n) is 7.18. The monoisotopic (exact) mass is 483 g/mol. The molecule has 164 valence electrons. The van der Waals surface area contributed by atoms with Gasteiger partial charge in [-0.2, -0.15) is 4.31 Å². The molecule has 0 aliphatic carbocycles. The summed E-state index contributed by atoms with van der Waals surface area (Å²) in [5.41, 5.74) is 0.564. The maximum absolute atomic E-state index is 13.8. The van der Waals surface area contributed by atoms with Crippen molar-refractivity contribution in [3.05, 3.63) is 56.9 Å². The molecule has 0 atom stereocenters. The first-order valence-electron chi connectivity index (χ1n) is 9.64. The third kappa shape index (κ3) is 4.52. The van der Waals surface area contributed by atoms with Crippen molar-refractivity contribution in [1.29, 1.82) is 0 Å². The van der Waals surface area contributed by atoms with E-state index in [0.29, 0.717) is 23.3 Å². The number of hydrogen-bond donors (Lipinski definition) is 1. The van der Waals surface area contributed by atoms with Crippen LogP contribution in [0.5, 0.6) is 0 Å². The minimum Gasteiger partial charge on any atom is -0.324 e. The van der Waals surface area contributed by atoms with E-state index in [1.54, 1.807) is 6.07 Å². The van der Waals surface area contributed by atoms with E-state index in [4.69, 9.17) is 11.6 Å². The molecular formula is C20H19ClFN3O4S2. The number of carbonyl (C=O) groups is 1. The number of halogens is 2. The molecule has 1 saturated heterocycles. The summed E-state index contributed by atoms with van der Waals surface area (Å²) in [5, 5.41) is 2.68. The summed E-state index contributed by atoms with van der Waals surface area (Å²) in [4.78, 5) is 24.5. The lowest BCUT2D eigenvalue weighted by Crippen LogP contribution is -2.27. The maximum Gasteiger partial charge on any atom is 0.308 e. The van der Waals surface area contributed by atoms with Crippen LogP contribution in [0.15, 0.2) is 46.1 Å². The van der Waals surface area contributed by atoms with Crippen molar-refractivity contribution in [3.8, 4) is 0 Å². The van der Waals surface area contributed by atoms with Gasteiger partial charge in [-0.25, -0.2) is 12.8 Å². The topological polar surface area (TPSA) is 88.5 Å². The van der Waals surface area contributed by atoms with Crippen LogP contribution < -0.4 is 10.2 Å². The Morgan fingerprint density at radius 2 is 1.90 bits per heavy atom. The lowest BCUT2D eigenvalue weighted by atomic mass is 10.3. The number of carbonyl (C=O) groups excluding carboxylic acids is 1. The van der Waals surface area contributed by atoms with Gasteiger partial charge < -0.3 is 5.32 Å². The van der Waals surface area contributed by atoms with E-state index in [2.05, 4.69) is 5.32 Å². The molecule has 4 rings (SSSR count). The molecule has 1 N–H and O–H groups in total. The number of thiazole rings is 1. The molecule has 31 heavy (non-hydrogen) atoms. The molecule has 0 bridgehead atoms. The van der Waals surface area contributed by atoms with E-state index in [1.165, 1.54) is 33.1 Å². The van der Waals surface area contributed by atoms with Crippen molar-refractivity contribution >= 4 is 54.8 Å². The quantitative estimate of drug-likeness (QED) is 0.579. The lowest BCUT2D eigenvalue weighted by Gasteiger charge is -2.15. The Hall–Kier alpha value is -2.27. The lowest BCUT2D eigenvalue weighted by molar-refractivity contribution is -0.116. The summed E-state index contributed by atoms with van der Waals surface area (Å²) in [5.74, 6) is -1.11. The van der Waals surface area contributed by atoms with Gasteiger partial charge in [0.05, 0.1) is 20.8 Å². The van der Waals surface area contributed by atoms with Gasteiger partial charge in [0.2, 0.25) is 15.9 Å². The molecule has 0 radical (unpaired) electrons. The van der Waals surface area contributed by atoms with Crippen molar-refractivity contribution in [3.63, 3.8) is 0 Å². The smallest absolute Gasteiger partial charge is 0.308 e. The molecule has 11 heteroatoms. The molecule has 1 fully saturated rings. The number of aryl methyl sites for hydroxylation is 1. The molecule has 7 nitrogen and oxygen atoms in total. The van der Waals surface area contributed by atoms with Gasteiger partial charge in [0.1, 0.15) is 5.82 Å². The average Bonchev–Trinajstić information content (AvgIpc) is 3.36. The van der Waals surface area contributed by atoms with Crippen LogP contribution in [0.1, 0.15) is 19.3 Å². The van der Waals surface area contributed by atoms with Crippen LogP contribution in [-0.4, -0.2) is 36.3 Å². The first kappa shape index (κ1) is 21.9. The van der Waals surface area contributed by atoms with Crippen molar-refractivity contribution < 1.29 is 17.6 Å². The normalized spacial score (nSPS) is 14.9. The van der Waals surface area contributed by atoms with E-state index in [0.717, 1.165) is 30.2 Å². The molecule has 2 heterocycles. The maximum atomic E-state index is 13.8. The minimum absolute atomic E-state index is 0.00804. The highest BCUT2D eigenvalue weighted by Crippen LogP contribution is 2.26. The van der Waals surface area contributed by atoms with E-state index >= 15 is 0 Å². The zero-order chi connectivity index (χ0) is 22.2. The van der Waals surface area contributed by atoms with Gasteiger partial charge in [0, 0.05) is 31.1 Å². The summed E-state index contributed by atoms with van der Waals surface area (Å²) in [7, 11) is -3.58. The highest BCUT2D eigenvalue weighted by molar-refractivity contribution is 7.89. The molecule has 2 aromatic carbocycles. The summed E-state index contributed by atoms with van der Waals surface area (Å²) in [6.45, 7) is 1.08. The third-order valence-electron chi connectivity index (χ3n) is 5.11. The third-order valence-corrected chi connectivity index (χ3v) is 8.18. The van der Waals surface area contributed by atoms with Crippen molar-refractivity contribution in [2.45, 2.75) is 30.7 Å². The predicted octanol–water partition coefficient (Wildman–Crippen LogP) is 3.67. The van der Waals surface area contributed by atoms with Gasteiger partial charge in [-0.15, -0.1) is 0 Å². The van der Waals surface area contributed by atoms with Crippen molar-refractivity contribution in [2.75, 3.05) is 18.4 Å². The molecule has 0 spiro atoms. The van der Waals surface area contributed by atoms with Gasteiger partial charge >= 0.3 is 4.87 Å². The second kappa shape index (κ2) is 8.70. The summed E-state index contributed by atoms with van der Waals surface area (Å²) < 4.78 is 42.8. The van der Waals surface area contributed by atoms with Crippen LogP contribution in [-0.2, 0) is 21.4 Å². The van der Waals surface area contributed by atoms with Crippen molar-refractivity contribution in [1.82, 2.24) is 8.87 Å². The number of aromatic nitrogens is 1. The van der Waals surface area contributed by atoms with Crippen LogP contribution in [0, 0.1) is 5.82 Å². The number of fused-ring (bicyclic) bond motifs is 1. The number of amides is 1. The molecule has 3 aromatic rings. The number of rotatable bonds is 6. The highest BCUT2D eigenvalue weighted by Gasteiger charge is 2.27. The van der Waals surface area contributed by atoms with Crippen molar-refractivity contribution in [2.24, 2.45) is 0 Å². The fourth-order valence-electron chi connectivity index (χ4n) is 3.51. The van der Waals surface area contributed by atoms with Crippen LogP contribution in [0.2, 0.25) is 5.02 Å². The molecule has 0 unspecified atom stereocenters. The average molecular weight is 484 g/mol. The minimum atomic E-state index is -3.58. The fourth-order valence-corrected chi connectivity index (χ4v) is 6.25. The van der Waals surface area contributed by atoms with Crippen LogP contribution >= 0.6 is 22.9 Å². The number of hydrogen-bond acceptors (Lipinski definition) is 5. The Labute approximate surface area is 187 Å². The summed E-state index contributed by atoms with van der Waals surface area (Å²) in [6.07, 6.45) is 1.63. The molecule has 0 saturated carbocycles. The number of benzene rings is 2. The van der Waals surface area contributed by atoms with Crippen LogP contribution in [0.4, 0.5) is 10.1 Å². The Morgan fingerprint density at radius 1 is 1.16 bits per heavy atom. The molecule has 1 aliphatic rings. The Morgan fingerprint density at radius 3 is 2.61 bits per heavy atom. The van der Waals surface area contributed by atoms with E-state index in [1.807, 2.05) is 0 Å². The van der Waals surface area contributed by atoms with E-state index in [-0.39, 0.29) is 33.4 Å². The standard InChI is InChI=1S/C20H19ClFN3O4S2/c21-13-3-5-16(15(22)11-13)23-19(26)7-10-25-17-6-4-14(12-18(17)30-20(25)27)31(28,29)24-8-1-2-9-24/h3-6,11-12H,1-2,7-10H2,(H,23,26).